The quantitative estimate of drug-likeness (QED) is 0.817. The van der Waals surface area contributed by atoms with Crippen LogP contribution in [0.2, 0.25) is 0 Å². The van der Waals surface area contributed by atoms with E-state index in [9.17, 15) is 9.59 Å². The predicted molar refractivity (Wildman–Crippen MR) is 98.8 cm³/mol. The van der Waals surface area contributed by atoms with E-state index in [1.54, 1.807) is 37.6 Å². The molecular weight excluding hydrogens is 362 g/mol. The molecule has 1 N–H and O–H groups in total. The number of amides is 2. The van der Waals surface area contributed by atoms with Gasteiger partial charge in [-0.1, -0.05) is 11.3 Å². The topological polar surface area (TPSA) is 98.6 Å². The molecule has 0 spiro atoms. The number of ether oxygens (including phenoxy) is 2. The number of aromatic nitrogens is 3. The molecule has 2 aromatic rings. The summed E-state index contributed by atoms with van der Waals surface area (Å²) in [6.45, 7) is 1.99. The van der Waals surface area contributed by atoms with Gasteiger partial charge < -0.3 is 19.7 Å². The summed E-state index contributed by atoms with van der Waals surface area (Å²) in [5.41, 5.74) is 1.44. The van der Waals surface area contributed by atoms with Crippen molar-refractivity contribution in [3.63, 3.8) is 0 Å². The second kappa shape index (κ2) is 7.97. The average Bonchev–Trinajstić information content (AvgIpc) is 3.22. The van der Waals surface area contributed by atoms with Crippen LogP contribution in [0.4, 0.5) is 0 Å². The van der Waals surface area contributed by atoms with Crippen LogP contribution in [0.3, 0.4) is 0 Å². The van der Waals surface area contributed by atoms with Crippen LogP contribution in [0, 0.1) is 0 Å². The van der Waals surface area contributed by atoms with E-state index in [1.807, 2.05) is 9.58 Å². The molecule has 28 heavy (non-hydrogen) atoms. The minimum absolute atomic E-state index is 0.00433. The van der Waals surface area contributed by atoms with Crippen molar-refractivity contribution in [2.75, 3.05) is 26.7 Å². The number of hydrogen-bond acceptors (Lipinski definition) is 6. The zero-order valence-electron chi connectivity index (χ0n) is 15.7. The Hall–Kier alpha value is -2.94. The van der Waals surface area contributed by atoms with E-state index < -0.39 is 0 Å². The first-order valence-electron chi connectivity index (χ1n) is 9.36. The van der Waals surface area contributed by atoms with Gasteiger partial charge in [-0.15, -0.1) is 5.10 Å². The number of carbonyl (C=O) groups is 2. The Bertz CT molecular complexity index is 868. The Morgan fingerprint density at radius 2 is 2.29 bits per heavy atom. The van der Waals surface area contributed by atoms with E-state index in [1.165, 1.54) is 0 Å². The summed E-state index contributed by atoms with van der Waals surface area (Å²) in [5, 5.41) is 10.9. The van der Waals surface area contributed by atoms with Gasteiger partial charge in [-0.3, -0.25) is 9.59 Å². The van der Waals surface area contributed by atoms with E-state index in [2.05, 4.69) is 15.6 Å². The van der Waals surface area contributed by atoms with Crippen molar-refractivity contribution in [2.24, 2.45) is 0 Å². The molecule has 1 aromatic carbocycles. The van der Waals surface area contributed by atoms with Gasteiger partial charge in [0.25, 0.3) is 5.91 Å². The highest BCUT2D eigenvalue weighted by molar-refractivity contribution is 5.94. The van der Waals surface area contributed by atoms with Crippen LogP contribution in [-0.4, -0.2) is 64.6 Å². The van der Waals surface area contributed by atoms with Crippen molar-refractivity contribution in [1.29, 1.82) is 0 Å². The molecule has 0 aliphatic carbocycles. The van der Waals surface area contributed by atoms with Crippen LogP contribution in [0.15, 0.2) is 30.5 Å². The van der Waals surface area contributed by atoms with Crippen molar-refractivity contribution in [1.82, 2.24) is 25.2 Å². The molecule has 2 aliphatic heterocycles. The van der Waals surface area contributed by atoms with E-state index in [0.717, 1.165) is 12.1 Å². The summed E-state index contributed by atoms with van der Waals surface area (Å²) >= 11 is 0. The van der Waals surface area contributed by atoms with Crippen LogP contribution in [-0.2, 0) is 16.1 Å². The number of benzene rings is 1. The van der Waals surface area contributed by atoms with Crippen LogP contribution >= 0.6 is 0 Å². The maximum Gasteiger partial charge on any atom is 0.251 e. The third-order valence-corrected chi connectivity index (χ3v) is 5.24. The number of methoxy groups -OCH3 is 1. The second-order valence-electron chi connectivity index (χ2n) is 6.95. The molecule has 9 nitrogen and oxygen atoms in total. The summed E-state index contributed by atoms with van der Waals surface area (Å²) < 4.78 is 12.9. The summed E-state index contributed by atoms with van der Waals surface area (Å²) in [6, 6.07) is 6.91. The van der Waals surface area contributed by atoms with Gasteiger partial charge in [-0.25, -0.2) is 4.68 Å². The zero-order valence-corrected chi connectivity index (χ0v) is 15.7. The third-order valence-electron chi connectivity index (χ3n) is 5.24. The van der Waals surface area contributed by atoms with Gasteiger partial charge >= 0.3 is 0 Å². The number of fused-ring (bicyclic) bond motifs is 3. The van der Waals surface area contributed by atoms with Crippen molar-refractivity contribution >= 4 is 11.8 Å². The monoisotopic (exact) mass is 385 g/mol. The SMILES string of the molecule is COc1cccc(C(=O)NCCC(=O)N2CC[C@H]3OCc4cnnn4[C@H]3C2)c1. The Morgan fingerprint density at radius 3 is 3.14 bits per heavy atom. The number of nitrogens with one attached hydrogen (secondary N) is 1. The molecule has 3 heterocycles. The first-order valence-corrected chi connectivity index (χ1v) is 9.36. The van der Waals surface area contributed by atoms with E-state index in [-0.39, 0.29) is 36.9 Å². The number of likely N-dealkylation sites (tertiary alicyclic amines) is 1. The van der Waals surface area contributed by atoms with Gasteiger partial charge in [0.15, 0.2) is 0 Å². The van der Waals surface area contributed by atoms with E-state index >= 15 is 0 Å². The molecule has 2 aliphatic rings. The van der Waals surface area contributed by atoms with Crippen LogP contribution in [0.1, 0.15) is 34.9 Å². The third kappa shape index (κ3) is 3.70. The average molecular weight is 385 g/mol. The number of rotatable bonds is 5. The van der Waals surface area contributed by atoms with E-state index in [0.29, 0.717) is 31.0 Å². The fraction of sp³-hybridized carbons (Fsp3) is 0.474. The molecule has 1 aromatic heterocycles. The molecule has 1 fully saturated rings. The number of nitrogens with zero attached hydrogens (tertiary/aromatic N) is 4. The Kier molecular flexibility index (Phi) is 5.25. The molecular formula is C19H23N5O4. The van der Waals surface area contributed by atoms with Crippen molar-refractivity contribution in [2.45, 2.75) is 31.6 Å². The molecule has 0 radical (unpaired) electrons. The van der Waals surface area contributed by atoms with Gasteiger partial charge in [-0.05, 0) is 24.6 Å². The molecule has 2 atom stereocenters. The maximum atomic E-state index is 12.6. The molecule has 0 bridgehead atoms. The summed E-state index contributed by atoms with van der Waals surface area (Å²) in [6.07, 6.45) is 2.78. The highest BCUT2D eigenvalue weighted by atomic mass is 16.5. The largest absolute Gasteiger partial charge is 0.497 e. The Labute approximate surface area is 162 Å². The van der Waals surface area contributed by atoms with Crippen molar-refractivity contribution < 1.29 is 19.1 Å². The highest BCUT2D eigenvalue weighted by Gasteiger charge is 2.37. The summed E-state index contributed by atoms with van der Waals surface area (Å²) in [7, 11) is 1.55. The lowest BCUT2D eigenvalue weighted by atomic mass is 10.00. The van der Waals surface area contributed by atoms with Crippen LogP contribution in [0.25, 0.3) is 0 Å². The standard InChI is InChI=1S/C19H23N5O4/c1-27-15-4-2-3-13(9-15)19(26)20-7-5-18(25)23-8-6-17-16(11-23)24-14(12-28-17)10-21-22-24/h2-4,9-10,16-17H,5-8,11-12H2,1H3,(H,20,26)/t16-,17+/m0/s1. The van der Waals surface area contributed by atoms with Crippen molar-refractivity contribution in [3.8, 4) is 5.75 Å². The normalized spacial score (nSPS) is 20.8. The molecule has 0 unspecified atom stereocenters. The Morgan fingerprint density at radius 1 is 1.39 bits per heavy atom. The lowest BCUT2D eigenvalue weighted by Crippen LogP contribution is -2.50. The molecule has 9 heteroatoms. The number of carbonyl (C=O) groups excluding carboxylic acids is 2. The highest BCUT2D eigenvalue weighted by Crippen LogP contribution is 2.30. The zero-order chi connectivity index (χ0) is 19.5. The van der Waals surface area contributed by atoms with Gasteiger partial charge in [0, 0.05) is 31.6 Å². The number of piperidine rings is 1. The van der Waals surface area contributed by atoms with Gasteiger partial charge in [0.05, 0.1) is 37.8 Å². The molecule has 1 saturated heterocycles. The molecule has 148 valence electrons. The fourth-order valence-electron chi connectivity index (χ4n) is 3.71. The van der Waals surface area contributed by atoms with Crippen molar-refractivity contribution in [3.05, 3.63) is 41.7 Å². The van der Waals surface area contributed by atoms with Crippen LogP contribution in [0.5, 0.6) is 5.75 Å². The molecule has 0 saturated carbocycles. The van der Waals surface area contributed by atoms with Gasteiger partial charge in [-0.2, -0.15) is 0 Å². The van der Waals surface area contributed by atoms with Crippen LogP contribution < -0.4 is 10.1 Å². The summed E-state index contributed by atoms with van der Waals surface area (Å²) in [4.78, 5) is 26.7. The minimum Gasteiger partial charge on any atom is -0.497 e. The number of hydrogen-bond donors (Lipinski definition) is 1. The minimum atomic E-state index is -0.224. The first kappa shape index (κ1) is 18.4. The van der Waals surface area contributed by atoms with Gasteiger partial charge in [0.1, 0.15) is 5.75 Å². The molecule has 4 rings (SSSR count). The van der Waals surface area contributed by atoms with Gasteiger partial charge in [0.2, 0.25) is 5.91 Å². The first-order chi connectivity index (χ1) is 13.7. The molecule has 2 amide bonds. The Balaban J connectivity index is 1.29. The predicted octanol–water partition coefficient (Wildman–Crippen LogP) is 0.779. The maximum absolute atomic E-state index is 12.6. The van der Waals surface area contributed by atoms with E-state index in [4.69, 9.17) is 9.47 Å². The summed E-state index contributed by atoms with van der Waals surface area (Å²) in [5.74, 6) is 0.406. The second-order valence-corrected chi connectivity index (χ2v) is 6.95. The smallest absolute Gasteiger partial charge is 0.251 e. The fourth-order valence-corrected chi connectivity index (χ4v) is 3.71. The lowest BCUT2D eigenvalue weighted by Gasteiger charge is -2.41. The lowest BCUT2D eigenvalue weighted by molar-refractivity contribution is -0.137.